The average molecular weight is 208 g/mol. The molecule has 0 fully saturated rings. The molecule has 0 aromatic heterocycles. The van der Waals surface area contributed by atoms with Crippen molar-refractivity contribution in [2.45, 2.75) is 6.54 Å². The molecule has 15 heavy (non-hydrogen) atoms. The van der Waals surface area contributed by atoms with Crippen LogP contribution in [0, 0.1) is 5.82 Å². The zero-order valence-corrected chi connectivity index (χ0v) is 8.99. The van der Waals surface area contributed by atoms with Gasteiger partial charge in [0.05, 0.1) is 0 Å². The first kappa shape index (κ1) is 11.9. The van der Waals surface area contributed by atoms with Crippen molar-refractivity contribution in [2.75, 3.05) is 20.1 Å². The Morgan fingerprint density at radius 1 is 1.33 bits per heavy atom. The lowest BCUT2D eigenvalue weighted by atomic mass is 10.2. The third-order valence-corrected chi connectivity index (χ3v) is 2.12. The second kappa shape index (κ2) is 6.32. The Labute approximate surface area is 90.2 Å². The third kappa shape index (κ3) is 4.23. The number of benzene rings is 1. The Morgan fingerprint density at radius 2 is 2.07 bits per heavy atom. The van der Waals surface area contributed by atoms with Gasteiger partial charge in [-0.1, -0.05) is 30.4 Å². The summed E-state index contributed by atoms with van der Waals surface area (Å²) in [6.45, 7) is 1.95. The average Bonchev–Trinajstić information content (AvgIpc) is 2.22. The topological polar surface area (TPSA) is 29.3 Å². The van der Waals surface area contributed by atoms with Crippen molar-refractivity contribution in [3.8, 4) is 0 Å². The first-order valence-corrected chi connectivity index (χ1v) is 5.01. The minimum atomic E-state index is -0.146. The van der Waals surface area contributed by atoms with E-state index in [4.69, 9.17) is 5.73 Å². The summed E-state index contributed by atoms with van der Waals surface area (Å²) in [6.07, 6.45) is 3.89. The molecule has 0 bridgehead atoms. The summed E-state index contributed by atoms with van der Waals surface area (Å²) in [5.41, 5.74) is 6.05. The molecular weight excluding hydrogens is 191 g/mol. The maximum absolute atomic E-state index is 13.3. The molecule has 0 spiro atoms. The van der Waals surface area contributed by atoms with Crippen molar-refractivity contribution in [3.63, 3.8) is 0 Å². The number of likely N-dealkylation sites (N-methyl/N-ethyl adjacent to an activating group) is 1. The van der Waals surface area contributed by atoms with E-state index in [1.165, 1.54) is 6.07 Å². The lowest BCUT2D eigenvalue weighted by Crippen LogP contribution is -2.18. The number of nitrogens with zero attached hydrogens (tertiary/aromatic N) is 1. The van der Waals surface area contributed by atoms with Gasteiger partial charge in [-0.2, -0.15) is 0 Å². The predicted octanol–water partition coefficient (Wildman–Crippen LogP) is 1.77. The molecule has 0 unspecified atom stereocenters. The van der Waals surface area contributed by atoms with E-state index in [1.807, 2.05) is 30.2 Å². The number of hydrogen-bond acceptors (Lipinski definition) is 2. The van der Waals surface area contributed by atoms with Crippen molar-refractivity contribution < 1.29 is 4.39 Å². The van der Waals surface area contributed by atoms with E-state index < -0.39 is 0 Å². The van der Waals surface area contributed by atoms with Gasteiger partial charge in [-0.25, -0.2) is 4.39 Å². The largest absolute Gasteiger partial charge is 0.327 e. The highest BCUT2D eigenvalue weighted by Gasteiger charge is 2.02. The van der Waals surface area contributed by atoms with Crippen LogP contribution in [-0.2, 0) is 6.54 Å². The normalized spacial score (nSPS) is 11.5. The van der Waals surface area contributed by atoms with Crippen LogP contribution in [0.15, 0.2) is 36.4 Å². The Bertz CT molecular complexity index is 323. The van der Waals surface area contributed by atoms with Crippen LogP contribution in [0.1, 0.15) is 5.56 Å². The van der Waals surface area contributed by atoms with Crippen molar-refractivity contribution in [3.05, 3.63) is 47.8 Å². The molecule has 0 amide bonds. The summed E-state index contributed by atoms with van der Waals surface area (Å²) >= 11 is 0. The quantitative estimate of drug-likeness (QED) is 0.747. The molecule has 0 saturated carbocycles. The zero-order chi connectivity index (χ0) is 11.1. The fraction of sp³-hybridized carbons (Fsp3) is 0.333. The molecule has 82 valence electrons. The van der Waals surface area contributed by atoms with Crippen LogP contribution in [0.4, 0.5) is 4.39 Å². The molecule has 2 N–H and O–H groups in total. The van der Waals surface area contributed by atoms with E-state index in [2.05, 4.69) is 0 Å². The molecule has 3 heteroatoms. The van der Waals surface area contributed by atoms with Crippen LogP contribution in [0.3, 0.4) is 0 Å². The molecule has 0 radical (unpaired) electrons. The van der Waals surface area contributed by atoms with Crippen LogP contribution in [0.2, 0.25) is 0 Å². The van der Waals surface area contributed by atoms with Gasteiger partial charge in [-0.3, -0.25) is 4.90 Å². The van der Waals surface area contributed by atoms with Gasteiger partial charge < -0.3 is 5.73 Å². The highest BCUT2D eigenvalue weighted by molar-refractivity contribution is 5.17. The summed E-state index contributed by atoms with van der Waals surface area (Å²) in [4.78, 5) is 2.03. The second-order valence-electron chi connectivity index (χ2n) is 3.50. The van der Waals surface area contributed by atoms with Gasteiger partial charge in [0.2, 0.25) is 0 Å². The number of rotatable bonds is 5. The predicted molar refractivity (Wildman–Crippen MR) is 60.9 cm³/mol. The van der Waals surface area contributed by atoms with Gasteiger partial charge in [0.1, 0.15) is 5.82 Å². The molecule has 0 heterocycles. The summed E-state index contributed by atoms with van der Waals surface area (Å²) in [5, 5.41) is 0. The molecule has 0 aliphatic rings. The van der Waals surface area contributed by atoms with Crippen molar-refractivity contribution in [2.24, 2.45) is 5.73 Å². The van der Waals surface area contributed by atoms with E-state index in [1.54, 1.807) is 12.1 Å². The third-order valence-electron chi connectivity index (χ3n) is 2.12. The van der Waals surface area contributed by atoms with Crippen LogP contribution in [-0.4, -0.2) is 25.0 Å². The lowest BCUT2D eigenvalue weighted by molar-refractivity contribution is 0.356. The van der Waals surface area contributed by atoms with Gasteiger partial charge in [0.25, 0.3) is 0 Å². The molecule has 1 aromatic rings. The van der Waals surface area contributed by atoms with Crippen molar-refractivity contribution in [1.82, 2.24) is 4.90 Å². The summed E-state index contributed by atoms with van der Waals surface area (Å²) < 4.78 is 13.3. The smallest absolute Gasteiger partial charge is 0.127 e. The molecule has 0 atom stereocenters. The monoisotopic (exact) mass is 208 g/mol. The number of nitrogens with two attached hydrogens (primary N) is 1. The van der Waals surface area contributed by atoms with Crippen LogP contribution < -0.4 is 5.73 Å². The first-order chi connectivity index (χ1) is 7.24. The van der Waals surface area contributed by atoms with Crippen molar-refractivity contribution in [1.29, 1.82) is 0 Å². The van der Waals surface area contributed by atoms with Gasteiger partial charge in [0.15, 0.2) is 0 Å². The summed E-state index contributed by atoms with van der Waals surface area (Å²) in [5.74, 6) is -0.146. The summed E-state index contributed by atoms with van der Waals surface area (Å²) in [7, 11) is 1.95. The summed E-state index contributed by atoms with van der Waals surface area (Å²) in [6, 6.07) is 6.84. The van der Waals surface area contributed by atoms with Gasteiger partial charge in [0, 0.05) is 25.2 Å². The maximum atomic E-state index is 13.3. The standard InChI is InChI=1S/C12H17FN2/c1-15(9-5-4-8-14)10-11-6-2-3-7-12(11)13/h2-7H,8-10,14H2,1H3. The Hall–Kier alpha value is -1.19. The molecule has 0 aliphatic carbocycles. The van der Waals surface area contributed by atoms with E-state index in [0.717, 1.165) is 12.1 Å². The molecular formula is C12H17FN2. The highest BCUT2D eigenvalue weighted by atomic mass is 19.1. The Kier molecular flexibility index (Phi) is 5.01. The first-order valence-electron chi connectivity index (χ1n) is 5.01. The fourth-order valence-corrected chi connectivity index (χ4v) is 1.33. The number of hydrogen-bond donors (Lipinski definition) is 1. The molecule has 1 aromatic carbocycles. The minimum absolute atomic E-state index is 0.146. The second-order valence-corrected chi connectivity index (χ2v) is 3.50. The highest BCUT2D eigenvalue weighted by Crippen LogP contribution is 2.08. The minimum Gasteiger partial charge on any atom is -0.327 e. The van der Waals surface area contributed by atoms with Gasteiger partial charge in [-0.15, -0.1) is 0 Å². The SMILES string of the molecule is CN(CC=CCN)Cc1ccccc1F. The van der Waals surface area contributed by atoms with Crippen LogP contribution in [0.25, 0.3) is 0 Å². The maximum Gasteiger partial charge on any atom is 0.127 e. The van der Waals surface area contributed by atoms with E-state index in [-0.39, 0.29) is 5.82 Å². The fourth-order valence-electron chi connectivity index (χ4n) is 1.33. The van der Waals surface area contributed by atoms with Crippen LogP contribution in [0.5, 0.6) is 0 Å². The molecule has 0 aliphatic heterocycles. The van der Waals surface area contributed by atoms with E-state index in [0.29, 0.717) is 13.1 Å². The number of halogens is 1. The van der Waals surface area contributed by atoms with E-state index in [9.17, 15) is 4.39 Å². The molecule has 0 saturated heterocycles. The Balaban J connectivity index is 2.47. The van der Waals surface area contributed by atoms with Crippen molar-refractivity contribution >= 4 is 0 Å². The zero-order valence-electron chi connectivity index (χ0n) is 8.99. The Morgan fingerprint density at radius 3 is 2.73 bits per heavy atom. The molecule has 1 rings (SSSR count). The van der Waals surface area contributed by atoms with E-state index >= 15 is 0 Å². The van der Waals surface area contributed by atoms with Gasteiger partial charge >= 0.3 is 0 Å². The molecule has 2 nitrogen and oxygen atoms in total. The lowest BCUT2D eigenvalue weighted by Gasteiger charge is -2.14. The van der Waals surface area contributed by atoms with Gasteiger partial charge in [-0.05, 0) is 13.1 Å². The van der Waals surface area contributed by atoms with Crippen LogP contribution >= 0.6 is 0 Å².